The van der Waals surface area contributed by atoms with Crippen molar-refractivity contribution in [1.29, 1.82) is 0 Å². The van der Waals surface area contributed by atoms with Crippen LogP contribution >= 0.6 is 11.3 Å². The smallest absolute Gasteiger partial charge is 0.0726 e. The number of allylic oxidation sites excluding steroid dienone is 1. The Hall–Kier alpha value is -5.24. The van der Waals surface area contributed by atoms with Gasteiger partial charge >= 0.3 is 0 Å². The van der Waals surface area contributed by atoms with Crippen LogP contribution in [0.1, 0.15) is 50.7 Å². The Labute approximate surface area is 267 Å². The third-order valence-corrected chi connectivity index (χ3v) is 11.3. The molecule has 1 aromatic heterocycles. The van der Waals surface area contributed by atoms with E-state index in [4.69, 9.17) is 0 Å². The van der Waals surface area contributed by atoms with Crippen molar-refractivity contribution in [2.45, 2.75) is 12.3 Å². The highest BCUT2D eigenvalue weighted by molar-refractivity contribution is 7.20. The lowest BCUT2D eigenvalue weighted by Crippen LogP contribution is -2.26. The van der Waals surface area contributed by atoms with Crippen LogP contribution in [0.2, 0.25) is 0 Å². The van der Waals surface area contributed by atoms with Crippen molar-refractivity contribution in [3.63, 3.8) is 0 Å². The van der Waals surface area contributed by atoms with Crippen LogP contribution < -0.4 is 0 Å². The zero-order chi connectivity index (χ0) is 30.4. The van der Waals surface area contributed by atoms with Gasteiger partial charge in [-0.15, -0.1) is 11.3 Å². The SMILES string of the molecule is C=Cc1c(/C=C\C)sc2c(-c3cc4c5c(c3)c(C=C)c(C=C)c3cccc(c35)C43c4ccccc4-c4ccccc43)cccc12. The topological polar surface area (TPSA) is 0 Å². The van der Waals surface area contributed by atoms with E-state index in [0.29, 0.717) is 0 Å². The lowest BCUT2D eigenvalue weighted by molar-refractivity contribution is 0.797. The molecule has 9 rings (SSSR count). The molecule has 2 aliphatic carbocycles. The molecule has 0 atom stereocenters. The van der Waals surface area contributed by atoms with Crippen LogP contribution in [0.5, 0.6) is 0 Å². The molecule has 0 saturated heterocycles. The molecule has 0 unspecified atom stereocenters. The highest BCUT2D eigenvalue weighted by Crippen LogP contribution is 2.63. The van der Waals surface area contributed by atoms with Crippen LogP contribution in [0.15, 0.2) is 123 Å². The Kier molecular flexibility index (Phi) is 5.46. The van der Waals surface area contributed by atoms with Gasteiger partial charge in [0.05, 0.1) is 5.41 Å². The molecule has 1 heteroatoms. The van der Waals surface area contributed by atoms with Crippen molar-refractivity contribution in [3.8, 4) is 22.3 Å². The van der Waals surface area contributed by atoms with E-state index in [0.717, 1.165) is 11.1 Å². The Morgan fingerprint density at radius 1 is 0.556 bits per heavy atom. The second-order valence-electron chi connectivity index (χ2n) is 12.0. The van der Waals surface area contributed by atoms with E-state index in [-0.39, 0.29) is 0 Å². The first-order valence-corrected chi connectivity index (χ1v) is 16.3. The minimum atomic E-state index is -0.423. The maximum absolute atomic E-state index is 4.34. The molecule has 0 aliphatic heterocycles. The first-order chi connectivity index (χ1) is 22.2. The molecule has 0 N–H and O–H groups in total. The highest BCUT2D eigenvalue weighted by Gasteiger charge is 2.51. The van der Waals surface area contributed by atoms with Crippen molar-refractivity contribution in [2.75, 3.05) is 0 Å². The number of benzene rings is 6. The lowest BCUT2D eigenvalue weighted by Gasteiger charge is -2.31. The van der Waals surface area contributed by atoms with Crippen molar-refractivity contribution < 1.29 is 0 Å². The average molecular weight is 591 g/mol. The van der Waals surface area contributed by atoms with Crippen LogP contribution in [-0.4, -0.2) is 0 Å². The summed E-state index contributed by atoms with van der Waals surface area (Å²) in [7, 11) is 0. The fourth-order valence-corrected chi connectivity index (χ4v) is 9.81. The zero-order valence-electron chi connectivity index (χ0n) is 25.2. The molecule has 0 fully saturated rings. The first kappa shape index (κ1) is 26.2. The molecule has 212 valence electrons. The van der Waals surface area contributed by atoms with Crippen molar-refractivity contribution in [1.82, 2.24) is 0 Å². The second-order valence-corrected chi connectivity index (χ2v) is 13.1. The third-order valence-electron chi connectivity index (χ3n) is 10.1. The van der Waals surface area contributed by atoms with E-state index in [9.17, 15) is 0 Å². The summed E-state index contributed by atoms with van der Waals surface area (Å²) in [6.45, 7) is 14.9. The van der Waals surface area contributed by atoms with Gasteiger partial charge in [-0.3, -0.25) is 0 Å². The van der Waals surface area contributed by atoms with Gasteiger partial charge in [0.2, 0.25) is 0 Å². The molecule has 45 heavy (non-hydrogen) atoms. The van der Waals surface area contributed by atoms with Crippen LogP contribution in [0, 0.1) is 0 Å². The fourth-order valence-electron chi connectivity index (χ4n) is 8.49. The van der Waals surface area contributed by atoms with Gasteiger partial charge < -0.3 is 0 Å². The summed E-state index contributed by atoms with van der Waals surface area (Å²) in [6.07, 6.45) is 10.4. The summed E-state index contributed by atoms with van der Waals surface area (Å²) in [5, 5.41) is 6.38. The van der Waals surface area contributed by atoms with E-state index in [1.807, 2.05) is 29.6 Å². The lowest BCUT2D eigenvalue weighted by atomic mass is 9.70. The van der Waals surface area contributed by atoms with E-state index in [1.165, 1.54) is 86.6 Å². The van der Waals surface area contributed by atoms with Gasteiger partial charge in [0.15, 0.2) is 0 Å². The monoisotopic (exact) mass is 590 g/mol. The van der Waals surface area contributed by atoms with Gasteiger partial charge in [0.25, 0.3) is 0 Å². The van der Waals surface area contributed by atoms with Crippen LogP contribution in [0.25, 0.3) is 78.2 Å². The van der Waals surface area contributed by atoms with Crippen molar-refractivity contribution in [2.24, 2.45) is 0 Å². The number of rotatable bonds is 5. The maximum atomic E-state index is 4.34. The molecular weight excluding hydrogens is 561 g/mol. The molecular formula is C44H30S. The van der Waals surface area contributed by atoms with Gasteiger partial charge in [-0.2, -0.15) is 0 Å². The Morgan fingerprint density at radius 2 is 1.13 bits per heavy atom. The van der Waals surface area contributed by atoms with Gasteiger partial charge in [-0.05, 0) is 108 Å². The Balaban J connectivity index is 1.51. The van der Waals surface area contributed by atoms with E-state index in [1.54, 1.807) is 0 Å². The van der Waals surface area contributed by atoms with E-state index >= 15 is 0 Å². The summed E-state index contributed by atoms with van der Waals surface area (Å²) >= 11 is 1.85. The minimum Gasteiger partial charge on any atom is -0.135 e. The summed E-state index contributed by atoms with van der Waals surface area (Å²) in [5.74, 6) is 0. The number of hydrogen-bond donors (Lipinski definition) is 0. The summed E-state index contributed by atoms with van der Waals surface area (Å²) in [5.41, 5.74) is 13.6. The minimum absolute atomic E-state index is 0.423. The predicted octanol–water partition coefficient (Wildman–Crippen LogP) is 12.5. The third kappa shape index (κ3) is 3.11. The summed E-state index contributed by atoms with van der Waals surface area (Å²) < 4.78 is 1.29. The second kappa shape index (κ2) is 9.38. The molecule has 1 heterocycles. The number of thiophene rings is 1. The van der Waals surface area contributed by atoms with Crippen LogP contribution in [0.4, 0.5) is 0 Å². The predicted molar refractivity (Wildman–Crippen MR) is 198 cm³/mol. The molecule has 0 saturated carbocycles. The van der Waals surface area contributed by atoms with Crippen molar-refractivity contribution in [3.05, 3.63) is 167 Å². The summed E-state index contributed by atoms with van der Waals surface area (Å²) in [4.78, 5) is 1.24. The largest absolute Gasteiger partial charge is 0.135 e. The molecule has 1 spiro atoms. The Morgan fingerprint density at radius 3 is 1.82 bits per heavy atom. The van der Waals surface area contributed by atoms with Gasteiger partial charge in [-0.25, -0.2) is 0 Å². The molecule has 6 aromatic carbocycles. The molecule has 0 amide bonds. The fraction of sp³-hybridized carbons (Fsp3) is 0.0455. The van der Waals surface area contributed by atoms with Gasteiger partial charge in [0.1, 0.15) is 0 Å². The first-order valence-electron chi connectivity index (χ1n) is 15.5. The average Bonchev–Trinajstić information content (AvgIpc) is 3.70. The van der Waals surface area contributed by atoms with E-state index in [2.05, 4.69) is 136 Å². The van der Waals surface area contributed by atoms with Crippen LogP contribution in [0.3, 0.4) is 0 Å². The number of fused-ring (bicyclic) bond motifs is 8. The molecule has 2 aliphatic rings. The highest BCUT2D eigenvalue weighted by atomic mass is 32.1. The van der Waals surface area contributed by atoms with E-state index < -0.39 is 5.41 Å². The summed E-state index contributed by atoms with van der Waals surface area (Å²) in [6, 6.07) is 36.5. The van der Waals surface area contributed by atoms with Gasteiger partial charge in [-0.1, -0.05) is 129 Å². The van der Waals surface area contributed by atoms with Crippen LogP contribution in [-0.2, 0) is 5.41 Å². The molecule has 0 radical (unpaired) electrons. The Bertz CT molecular complexity index is 2450. The molecule has 0 nitrogen and oxygen atoms in total. The normalized spacial score (nSPS) is 13.8. The molecule has 0 bridgehead atoms. The maximum Gasteiger partial charge on any atom is 0.0726 e. The quantitative estimate of drug-likeness (QED) is 0.175. The molecule has 7 aromatic rings. The standard InChI is InChI=1S/C44H30S/c1-5-15-40-29(8-4)34-20-13-18-30(43(34)45-40)26-24-35-28(7-3)27(6-2)33-19-14-23-38-41(33)42(35)39(25-26)44(38)36-21-11-9-16-31(36)32-17-10-12-22-37(32)44/h5-25H,2-4H2,1H3/b15-5-. The number of hydrogen-bond acceptors (Lipinski definition) is 1. The van der Waals surface area contributed by atoms with Crippen molar-refractivity contribution >= 4 is 67.3 Å². The zero-order valence-corrected chi connectivity index (χ0v) is 26.0. The van der Waals surface area contributed by atoms with Gasteiger partial charge in [0, 0.05) is 15.0 Å².